The highest BCUT2D eigenvalue weighted by Gasteiger charge is 2.36. The van der Waals surface area contributed by atoms with Gasteiger partial charge in [0.1, 0.15) is 0 Å². The summed E-state index contributed by atoms with van der Waals surface area (Å²) in [5, 5.41) is 10.00. The van der Waals surface area contributed by atoms with Crippen LogP contribution < -0.4 is 10.6 Å². The molecule has 0 bridgehead atoms. The first-order chi connectivity index (χ1) is 11.8. The quantitative estimate of drug-likeness (QED) is 0.891. The van der Waals surface area contributed by atoms with E-state index in [0.717, 1.165) is 19.4 Å². The Labute approximate surface area is 139 Å². The molecule has 4 rings (SSSR count). The van der Waals surface area contributed by atoms with Crippen LogP contribution in [0.2, 0.25) is 0 Å². The number of carbonyl (C=O) groups excluding carboxylic acids is 1. The minimum atomic E-state index is -0.218. The maximum absolute atomic E-state index is 12.2. The summed E-state index contributed by atoms with van der Waals surface area (Å²) in [6.07, 6.45) is 11.1. The van der Waals surface area contributed by atoms with Gasteiger partial charge in [0.25, 0.3) is 0 Å². The van der Waals surface area contributed by atoms with Crippen LogP contribution in [0.3, 0.4) is 0 Å². The molecule has 0 spiro atoms. The van der Waals surface area contributed by atoms with Crippen molar-refractivity contribution < 1.29 is 9.53 Å². The van der Waals surface area contributed by atoms with Gasteiger partial charge in [0.05, 0.1) is 24.2 Å². The second-order valence-corrected chi connectivity index (χ2v) is 6.29. The van der Waals surface area contributed by atoms with Crippen LogP contribution in [-0.2, 0) is 4.74 Å². The number of nitrogens with zero attached hydrogens (tertiary/aromatic N) is 4. The molecule has 0 aromatic carbocycles. The van der Waals surface area contributed by atoms with Crippen LogP contribution >= 0.6 is 0 Å². The Morgan fingerprint density at radius 3 is 2.88 bits per heavy atom. The summed E-state index contributed by atoms with van der Waals surface area (Å²) in [5.74, 6) is 1.16. The van der Waals surface area contributed by atoms with Gasteiger partial charge in [-0.15, -0.1) is 0 Å². The molecule has 1 saturated heterocycles. The predicted octanol–water partition coefficient (Wildman–Crippen LogP) is 1.74. The number of carbonyl (C=O) groups is 1. The van der Waals surface area contributed by atoms with Crippen molar-refractivity contribution >= 4 is 11.7 Å². The molecule has 2 atom stereocenters. The third-order valence-corrected chi connectivity index (χ3v) is 4.40. The Morgan fingerprint density at radius 1 is 1.25 bits per heavy atom. The van der Waals surface area contributed by atoms with E-state index in [1.54, 1.807) is 30.9 Å². The lowest BCUT2D eigenvalue weighted by atomic mass is 10.0. The highest BCUT2D eigenvalue weighted by molar-refractivity contribution is 5.89. The van der Waals surface area contributed by atoms with E-state index in [1.807, 2.05) is 0 Å². The molecule has 2 N–H and O–H groups in total. The number of amides is 2. The highest BCUT2D eigenvalue weighted by Crippen LogP contribution is 2.38. The summed E-state index contributed by atoms with van der Waals surface area (Å²) in [5.41, 5.74) is 0.603. The van der Waals surface area contributed by atoms with Gasteiger partial charge in [-0.3, -0.25) is 0 Å². The van der Waals surface area contributed by atoms with Gasteiger partial charge in [-0.25, -0.2) is 19.4 Å². The van der Waals surface area contributed by atoms with Crippen molar-refractivity contribution in [2.24, 2.45) is 5.92 Å². The maximum atomic E-state index is 12.2. The Morgan fingerprint density at radius 2 is 2.08 bits per heavy atom. The Hall–Kier alpha value is -2.48. The molecule has 1 aliphatic heterocycles. The van der Waals surface area contributed by atoms with E-state index < -0.39 is 0 Å². The van der Waals surface area contributed by atoms with Crippen LogP contribution in [0.4, 0.5) is 10.5 Å². The lowest BCUT2D eigenvalue weighted by molar-refractivity contribution is -0.00889. The zero-order valence-corrected chi connectivity index (χ0v) is 13.3. The zero-order chi connectivity index (χ0) is 16.4. The number of aromatic nitrogens is 4. The number of hydrogen-bond donors (Lipinski definition) is 2. The molecule has 0 unspecified atom stereocenters. The molecule has 126 valence electrons. The standard InChI is InChI=1S/C16H20N6O2/c23-16(20-12-4-7-24-14(8-12)11-2-3-11)21-13-9-19-22(10-13)15-17-5-1-6-18-15/h1,5-6,9-12,14H,2-4,7-8H2,(H2,20,21,23)/t12-,14+/m0/s1. The molecular formula is C16H20N6O2. The highest BCUT2D eigenvalue weighted by atomic mass is 16.5. The van der Waals surface area contributed by atoms with Gasteiger partial charge in [-0.1, -0.05) is 0 Å². The Kier molecular flexibility index (Phi) is 4.12. The number of nitrogens with one attached hydrogen (secondary N) is 2. The average Bonchev–Trinajstić information content (AvgIpc) is 3.36. The van der Waals surface area contributed by atoms with Crippen molar-refractivity contribution in [1.82, 2.24) is 25.1 Å². The van der Waals surface area contributed by atoms with Gasteiger partial charge in [0.15, 0.2) is 0 Å². The molecule has 3 heterocycles. The average molecular weight is 328 g/mol. The third kappa shape index (κ3) is 3.53. The largest absolute Gasteiger partial charge is 0.378 e. The molecule has 1 saturated carbocycles. The Bertz CT molecular complexity index is 700. The normalized spacial score (nSPS) is 23.7. The molecule has 2 aliphatic rings. The van der Waals surface area contributed by atoms with Gasteiger partial charge >= 0.3 is 6.03 Å². The smallest absolute Gasteiger partial charge is 0.319 e. The fourth-order valence-corrected chi connectivity index (χ4v) is 3.01. The first-order valence-corrected chi connectivity index (χ1v) is 8.29. The molecule has 8 nitrogen and oxygen atoms in total. The van der Waals surface area contributed by atoms with Crippen molar-refractivity contribution in [2.45, 2.75) is 37.8 Å². The van der Waals surface area contributed by atoms with E-state index in [4.69, 9.17) is 4.74 Å². The summed E-state index contributed by atoms with van der Waals surface area (Å²) in [4.78, 5) is 20.4. The van der Waals surface area contributed by atoms with E-state index in [2.05, 4.69) is 25.7 Å². The van der Waals surface area contributed by atoms with Crippen molar-refractivity contribution in [3.63, 3.8) is 0 Å². The fourth-order valence-electron chi connectivity index (χ4n) is 3.01. The van der Waals surface area contributed by atoms with E-state index in [9.17, 15) is 4.79 Å². The second-order valence-electron chi connectivity index (χ2n) is 6.29. The molecule has 2 aromatic rings. The molecule has 1 aliphatic carbocycles. The number of urea groups is 1. The number of rotatable bonds is 4. The lowest BCUT2D eigenvalue weighted by Crippen LogP contribution is -2.44. The molecular weight excluding hydrogens is 308 g/mol. The maximum Gasteiger partial charge on any atom is 0.319 e. The van der Waals surface area contributed by atoms with E-state index in [1.165, 1.54) is 17.5 Å². The minimum absolute atomic E-state index is 0.164. The summed E-state index contributed by atoms with van der Waals surface area (Å²) in [6, 6.07) is 1.68. The molecule has 2 aromatic heterocycles. The van der Waals surface area contributed by atoms with Crippen LogP contribution in [0, 0.1) is 5.92 Å². The summed E-state index contributed by atoms with van der Waals surface area (Å²) in [7, 11) is 0. The third-order valence-electron chi connectivity index (χ3n) is 4.40. The topological polar surface area (TPSA) is 94.0 Å². The lowest BCUT2D eigenvalue weighted by Gasteiger charge is -2.30. The summed E-state index contributed by atoms with van der Waals surface area (Å²) in [6.45, 7) is 0.718. The van der Waals surface area contributed by atoms with E-state index >= 15 is 0 Å². The summed E-state index contributed by atoms with van der Waals surface area (Å²) >= 11 is 0. The van der Waals surface area contributed by atoms with Crippen LogP contribution in [0.15, 0.2) is 30.9 Å². The van der Waals surface area contributed by atoms with Crippen molar-refractivity contribution in [3.05, 3.63) is 30.9 Å². The van der Waals surface area contributed by atoms with Crippen molar-refractivity contribution in [1.29, 1.82) is 0 Å². The molecule has 2 fully saturated rings. The minimum Gasteiger partial charge on any atom is -0.378 e. The van der Waals surface area contributed by atoms with Gasteiger partial charge in [-0.05, 0) is 37.7 Å². The van der Waals surface area contributed by atoms with Crippen LogP contribution in [0.1, 0.15) is 25.7 Å². The van der Waals surface area contributed by atoms with Crippen LogP contribution in [0.5, 0.6) is 0 Å². The number of hydrogen-bond acceptors (Lipinski definition) is 5. The van der Waals surface area contributed by atoms with Crippen molar-refractivity contribution in [2.75, 3.05) is 11.9 Å². The fraction of sp³-hybridized carbons (Fsp3) is 0.500. The first kappa shape index (κ1) is 15.1. The van der Waals surface area contributed by atoms with Crippen LogP contribution in [0.25, 0.3) is 5.95 Å². The predicted molar refractivity (Wildman–Crippen MR) is 86.8 cm³/mol. The van der Waals surface area contributed by atoms with Crippen molar-refractivity contribution in [3.8, 4) is 5.95 Å². The van der Waals surface area contributed by atoms with Gasteiger partial charge in [-0.2, -0.15) is 5.10 Å². The SMILES string of the molecule is O=C(Nc1cnn(-c2ncccn2)c1)N[C@H]1CCO[C@@H](C2CC2)C1. The van der Waals surface area contributed by atoms with E-state index in [0.29, 0.717) is 23.7 Å². The van der Waals surface area contributed by atoms with Gasteiger partial charge < -0.3 is 15.4 Å². The van der Waals surface area contributed by atoms with Gasteiger partial charge in [0.2, 0.25) is 5.95 Å². The molecule has 0 radical (unpaired) electrons. The monoisotopic (exact) mass is 328 g/mol. The first-order valence-electron chi connectivity index (χ1n) is 8.29. The Balaban J connectivity index is 1.32. The van der Waals surface area contributed by atoms with Crippen LogP contribution in [-0.4, -0.2) is 44.5 Å². The van der Waals surface area contributed by atoms with Gasteiger partial charge in [0, 0.05) is 25.0 Å². The second kappa shape index (κ2) is 6.56. The number of anilines is 1. The molecule has 2 amide bonds. The zero-order valence-electron chi connectivity index (χ0n) is 13.3. The van der Waals surface area contributed by atoms with E-state index in [-0.39, 0.29) is 12.1 Å². The summed E-state index contributed by atoms with van der Waals surface area (Å²) < 4.78 is 7.31. The molecule has 24 heavy (non-hydrogen) atoms. The molecule has 8 heteroatoms. The number of ether oxygens (including phenoxy) is 1.